The Hall–Kier alpha value is -1.89. The highest BCUT2D eigenvalue weighted by Crippen LogP contribution is 2.42. The summed E-state index contributed by atoms with van der Waals surface area (Å²) in [7, 11) is 0. The maximum atomic E-state index is 12.4. The quantitative estimate of drug-likeness (QED) is 0.607. The van der Waals surface area contributed by atoms with Gasteiger partial charge in [-0.25, -0.2) is 0 Å². The summed E-state index contributed by atoms with van der Waals surface area (Å²) in [5.41, 5.74) is 2.34. The van der Waals surface area contributed by atoms with Crippen molar-refractivity contribution in [2.24, 2.45) is 5.92 Å². The average Bonchev–Trinajstić information content (AvgIpc) is 3.06. The van der Waals surface area contributed by atoms with E-state index in [1.165, 1.54) is 5.56 Å². The summed E-state index contributed by atoms with van der Waals surface area (Å²) in [6.07, 6.45) is 7.24. The molecule has 2 aliphatic rings. The molecule has 1 aliphatic heterocycles. The maximum Gasteiger partial charge on any atom is 0.220 e. The Bertz CT molecular complexity index is 777. The molecule has 3 rings (SSSR count). The first-order chi connectivity index (χ1) is 15.3. The molecule has 6 heteroatoms. The largest absolute Gasteiger partial charge is 0.491 e. The van der Waals surface area contributed by atoms with Crippen LogP contribution in [0.2, 0.25) is 0 Å². The van der Waals surface area contributed by atoms with Gasteiger partial charge in [-0.3, -0.25) is 4.79 Å². The van der Waals surface area contributed by atoms with Crippen molar-refractivity contribution in [1.82, 2.24) is 10.6 Å². The number of β-amino-alcohol motifs (C(OH)–C–C–N with tert-alkyl or cyclic N) is 1. The molecule has 32 heavy (non-hydrogen) atoms. The number of carbonyl (C=O) groups is 1. The van der Waals surface area contributed by atoms with E-state index in [4.69, 9.17) is 9.47 Å². The number of allylic oxidation sites excluding steroid dienone is 1. The second-order valence-electron chi connectivity index (χ2n) is 9.71. The summed E-state index contributed by atoms with van der Waals surface area (Å²) < 4.78 is 12.1. The Labute approximate surface area is 192 Å². The number of fused-ring (bicyclic) bond motifs is 5. The van der Waals surface area contributed by atoms with Crippen LogP contribution < -0.4 is 15.4 Å². The third-order valence-corrected chi connectivity index (χ3v) is 6.05. The van der Waals surface area contributed by atoms with E-state index in [2.05, 4.69) is 42.7 Å². The SMILES string of the molecule is CC(C)C[C@@H]1NC(=O)CCC/C=C\CO[C@@H]2C[C@H](NC[C@H]1O)c1cc(OC(C)C)ccc12. The molecule has 0 spiro atoms. The fourth-order valence-electron chi connectivity index (χ4n) is 4.55. The second-order valence-corrected chi connectivity index (χ2v) is 9.71. The number of hydrogen-bond acceptors (Lipinski definition) is 5. The lowest BCUT2D eigenvalue weighted by Gasteiger charge is -2.27. The van der Waals surface area contributed by atoms with Gasteiger partial charge < -0.3 is 25.2 Å². The summed E-state index contributed by atoms with van der Waals surface area (Å²) in [5, 5.41) is 17.6. The Morgan fingerprint density at radius 3 is 2.75 bits per heavy atom. The first-order valence-corrected chi connectivity index (χ1v) is 12.1. The first-order valence-electron chi connectivity index (χ1n) is 12.1. The van der Waals surface area contributed by atoms with Gasteiger partial charge in [0.25, 0.3) is 0 Å². The van der Waals surface area contributed by atoms with Crippen molar-refractivity contribution >= 4 is 5.91 Å². The van der Waals surface area contributed by atoms with Crippen molar-refractivity contribution in [2.45, 2.75) is 90.2 Å². The molecule has 0 fully saturated rings. The third-order valence-electron chi connectivity index (χ3n) is 6.05. The number of carbonyl (C=O) groups excluding carboxylic acids is 1. The molecule has 0 aromatic heterocycles. The molecule has 1 amide bonds. The van der Waals surface area contributed by atoms with Gasteiger partial charge in [0.1, 0.15) is 5.75 Å². The zero-order chi connectivity index (χ0) is 23.1. The number of nitrogens with one attached hydrogen (secondary N) is 2. The van der Waals surface area contributed by atoms with Crippen molar-refractivity contribution in [3.8, 4) is 5.75 Å². The van der Waals surface area contributed by atoms with Crippen LogP contribution in [0.25, 0.3) is 0 Å². The molecule has 4 atom stereocenters. The zero-order valence-electron chi connectivity index (χ0n) is 20.0. The van der Waals surface area contributed by atoms with E-state index in [0.717, 1.165) is 37.0 Å². The highest BCUT2D eigenvalue weighted by molar-refractivity contribution is 5.76. The maximum absolute atomic E-state index is 12.4. The molecule has 6 nitrogen and oxygen atoms in total. The van der Waals surface area contributed by atoms with E-state index in [1.807, 2.05) is 26.0 Å². The van der Waals surface area contributed by atoms with Crippen LogP contribution in [0.3, 0.4) is 0 Å². The molecule has 1 aliphatic carbocycles. The van der Waals surface area contributed by atoms with E-state index in [1.54, 1.807) is 0 Å². The Morgan fingerprint density at radius 1 is 1.19 bits per heavy atom. The number of hydrogen-bond donors (Lipinski definition) is 3. The monoisotopic (exact) mass is 444 g/mol. The molecule has 0 radical (unpaired) electrons. The zero-order valence-corrected chi connectivity index (χ0v) is 20.0. The Morgan fingerprint density at radius 2 is 2.00 bits per heavy atom. The minimum Gasteiger partial charge on any atom is -0.491 e. The van der Waals surface area contributed by atoms with Crippen molar-refractivity contribution in [3.63, 3.8) is 0 Å². The molecule has 0 unspecified atom stereocenters. The van der Waals surface area contributed by atoms with Gasteiger partial charge in [0.15, 0.2) is 0 Å². The molecule has 1 heterocycles. The van der Waals surface area contributed by atoms with Crippen LogP contribution in [0.5, 0.6) is 5.75 Å². The molecule has 0 saturated carbocycles. The molecule has 178 valence electrons. The van der Waals surface area contributed by atoms with Gasteiger partial charge in [0.05, 0.1) is 31.0 Å². The van der Waals surface area contributed by atoms with Gasteiger partial charge in [0, 0.05) is 19.0 Å². The van der Waals surface area contributed by atoms with Gasteiger partial charge in [-0.05, 0) is 68.7 Å². The van der Waals surface area contributed by atoms with Crippen molar-refractivity contribution < 1.29 is 19.4 Å². The van der Waals surface area contributed by atoms with Crippen LogP contribution in [0.1, 0.15) is 83.1 Å². The minimum atomic E-state index is -0.660. The molecular weight excluding hydrogens is 404 g/mol. The van der Waals surface area contributed by atoms with Gasteiger partial charge in [-0.2, -0.15) is 0 Å². The summed E-state index contributed by atoms with van der Waals surface area (Å²) in [6, 6.07) is 6.02. The van der Waals surface area contributed by atoms with E-state index in [0.29, 0.717) is 25.5 Å². The summed E-state index contributed by atoms with van der Waals surface area (Å²) >= 11 is 0. The van der Waals surface area contributed by atoms with E-state index in [-0.39, 0.29) is 30.2 Å². The highest BCUT2D eigenvalue weighted by atomic mass is 16.5. The van der Waals surface area contributed by atoms with Crippen molar-refractivity contribution in [2.75, 3.05) is 13.2 Å². The molecule has 2 bridgehead atoms. The Kier molecular flexibility index (Phi) is 9.14. The van der Waals surface area contributed by atoms with E-state index < -0.39 is 6.10 Å². The van der Waals surface area contributed by atoms with Gasteiger partial charge >= 0.3 is 0 Å². The van der Waals surface area contributed by atoms with Gasteiger partial charge in [-0.15, -0.1) is 0 Å². The van der Waals surface area contributed by atoms with Gasteiger partial charge in [0.2, 0.25) is 5.91 Å². The second kappa shape index (κ2) is 11.8. The smallest absolute Gasteiger partial charge is 0.220 e. The van der Waals surface area contributed by atoms with Gasteiger partial charge in [-0.1, -0.05) is 32.1 Å². The first kappa shape index (κ1) is 24.7. The summed E-state index contributed by atoms with van der Waals surface area (Å²) in [5.74, 6) is 1.24. The molecule has 0 saturated heterocycles. The average molecular weight is 445 g/mol. The molecule has 1 aromatic carbocycles. The van der Waals surface area contributed by atoms with Crippen LogP contribution >= 0.6 is 0 Å². The van der Waals surface area contributed by atoms with Crippen LogP contribution in [-0.4, -0.2) is 42.4 Å². The number of rotatable bonds is 4. The summed E-state index contributed by atoms with van der Waals surface area (Å²) in [6.45, 7) is 9.22. The van der Waals surface area contributed by atoms with Crippen molar-refractivity contribution in [1.29, 1.82) is 0 Å². The predicted octanol–water partition coefficient (Wildman–Crippen LogP) is 4.20. The fraction of sp³-hybridized carbons (Fsp3) is 0.654. The number of aliphatic hydroxyl groups excluding tert-OH is 1. The molecule has 3 N–H and O–H groups in total. The standard InChI is InChI=1S/C26H40N2O4/c1-17(2)13-23-24(29)16-27-22-15-25(31-12-8-6-5-7-9-26(30)28-23)20-11-10-19(14-21(20)22)32-18(3)4/h6,8,10-11,14,17-18,22-25,27,29H,5,7,9,12-13,15-16H2,1-4H3,(H,28,30)/b8-6-/t22-,23-,24+,25+/m0/s1. The van der Waals surface area contributed by atoms with Crippen LogP contribution in [0, 0.1) is 5.92 Å². The van der Waals surface area contributed by atoms with Crippen LogP contribution in [-0.2, 0) is 9.53 Å². The minimum absolute atomic E-state index is 0.00759. The summed E-state index contributed by atoms with van der Waals surface area (Å²) in [4.78, 5) is 12.4. The van der Waals surface area contributed by atoms with E-state index >= 15 is 0 Å². The topological polar surface area (TPSA) is 79.8 Å². The lowest BCUT2D eigenvalue weighted by atomic mass is 9.98. The fourth-order valence-corrected chi connectivity index (χ4v) is 4.55. The highest BCUT2D eigenvalue weighted by Gasteiger charge is 2.33. The van der Waals surface area contributed by atoms with Crippen molar-refractivity contribution in [3.05, 3.63) is 41.5 Å². The lowest BCUT2D eigenvalue weighted by Crippen LogP contribution is -2.48. The molecular formula is C26H40N2O4. The molecule has 1 aromatic rings. The van der Waals surface area contributed by atoms with Crippen LogP contribution in [0.4, 0.5) is 0 Å². The lowest BCUT2D eigenvalue weighted by molar-refractivity contribution is -0.122. The normalized spacial score (nSPS) is 28.4. The van der Waals surface area contributed by atoms with E-state index in [9.17, 15) is 9.90 Å². The third kappa shape index (κ3) is 7.06. The number of amides is 1. The Balaban J connectivity index is 1.81. The number of ether oxygens (including phenoxy) is 2. The number of benzene rings is 1. The van der Waals surface area contributed by atoms with Crippen LogP contribution in [0.15, 0.2) is 30.4 Å². The number of aliphatic hydroxyl groups is 1. The predicted molar refractivity (Wildman–Crippen MR) is 127 cm³/mol.